The Hall–Kier alpha value is -3.60. The number of carbonyl (C=O) groups is 2. The molecule has 2 aromatic heterocycles. The monoisotopic (exact) mass is 507 g/mol. The maximum atomic E-state index is 13.9. The summed E-state index contributed by atoms with van der Waals surface area (Å²) < 4.78 is 2.86. The Bertz CT molecular complexity index is 1400. The van der Waals surface area contributed by atoms with E-state index in [1.54, 1.807) is 29.9 Å². The summed E-state index contributed by atoms with van der Waals surface area (Å²) in [7, 11) is 1.57. The van der Waals surface area contributed by atoms with E-state index in [0.717, 1.165) is 18.5 Å². The molecular formula is C26H33N7O4. The quantitative estimate of drug-likeness (QED) is 0.513. The van der Waals surface area contributed by atoms with Crippen molar-refractivity contribution in [3.63, 3.8) is 0 Å². The maximum absolute atomic E-state index is 13.9. The Balaban J connectivity index is 1.37. The lowest BCUT2D eigenvalue weighted by atomic mass is 9.85. The van der Waals surface area contributed by atoms with Crippen molar-refractivity contribution in [3.05, 3.63) is 52.2 Å². The van der Waals surface area contributed by atoms with Crippen LogP contribution in [-0.2, 0) is 23.2 Å². The van der Waals surface area contributed by atoms with Gasteiger partial charge in [-0.1, -0.05) is 44.2 Å². The maximum Gasteiger partial charge on any atom is 0.274 e. The molecule has 1 aliphatic heterocycles. The number of aryl methyl sites for hydroxylation is 1. The summed E-state index contributed by atoms with van der Waals surface area (Å²) in [6.07, 6.45) is 3.32. The van der Waals surface area contributed by atoms with E-state index in [1.807, 2.05) is 33.0 Å². The minimum Gasteiger partial charge on any atom is -0.391 e. The van der Waals surface area contributed by atoms with Crippen LogP contribution < -0.4 is 10.9 Å². The van der Waals surface area contributed by atoms with Gasteiger partial charge in [-0.15, -0.1) is 5.10 Å². The topological polar surface area (TPSA) is 135 Å². The van der Waals surface area contributed by atoms with Crippen molar-refractivity contribution in [2.24, 2.45) is 12.5 Å². The normalized spacial score (nSPS) is 20.8. The van der Waals surface area contributed by atoms with Crippen LogP contribution in [0.4, 0.5) is 0 Å². The SMILES string of the molecule is Cn1nc(CNC(=O)C2CC(O)CN2C(=O)[C@@H](n2cc(C3CC3)nn2)C(C)(C)C)c2ccccc2c1=O. The van der Waals surface area contributed by atoms with Crippen LogP contribution in [0.1, 0.15) is 63.4 Å². The van der Waals surface area contributed by atoms with Gasteiger partial charge in [0.2, 0.25) is 11.8 Å². The van der Waals surface area contributed by atoms with Crippen LogP contribution in [0.15, 0.2) is 35.3 Å². The Morgan fingerprint density at radius 1 is 1.19 bits per heavy atom. The van der Waals surface area contributed by atoms with Crippen molar-refractivity contribution >= 4 is 22.6 Å². The average molecular weight is 508 g/mol. The molecule has 0 spiro atoms. The zero-order valence-electron chi connectivity index (χ0n) is 21.6. The second kappa shape index (κ2) is 9.37. The van der Waals surface area contributed by atoms with E-state index in [9.17, 15) is 19.5 Å². The fourth-order valence-electron chi connectivity index (χ4n) is 5.12. The first kappa shape index (κ1) is 25.1. The average Bonchev–Trinajstić information content (AvgIpc) is 3.46. The molecule has 2 aliphatic rings. The molecule has 2 fully saturated rings. The van der Waals surface area contributed by atoms with Crippen molar-refractivity contribution in [3.8, 4) is 0 Å². The lowest BCUT2D eigenvalue weighted by Crippen LogP contribution is -2.50. The lowest BCUT2D eigenvalue weighted by Gasteiger charge is -2.34. The molecule has 3 heterocycles. The third-order valence-electron chi connectivity index (χ3n) is 7.17. The summed E-state index contributed by atoms with van der Waals surface area (Å²) in [5.74, 6) is -0.254. The van der Waals surface area contributed by atoms with Gasteiger partial charge in [0.1, 0.15) is 12.1 Å². The summed E-state index contributed by atoms with van der Waals surface area (Å²) in [6.45, 7) is 6.00. The van der Waals surface area contributed by atoms with Crippen LogP contribution in [0.25, 0.3) is 10.8 Å². The first-order valence-corrected chi connectivity index (χ1v) is 12.7. The van der Waals surface area contributed by atoms with Gasteiger partial charge in [0, 0.05) is 37.5 Å². The van der Waals surface area contributed by atoms with E-state index in [2.05, 4.69) is 20.7 Å². The zero-order valence-corrected chi connectivity index (χ0v) is 21.6. The molecule has 1 aromatic carbocycles. The van der Waals surface area contributed by atoms with E-state index in [4.69, 9.17) is 0 Å². The van der Waals surface area contributed by atoms with Crippen LogP contribution in [0.5, 0.6) is 0 Å². The van der Waals surface area contributed by atoms with Crippen molar-refractivity contribution in [1.29, 1.82) is 0 Å². The molecule has 2 amide bonds. The Labute approximate surface area is 214 Å². The minimum absolute atomic E-state index is 0.0642. The molecule has 2 N–H and O–H groups in total. The Morgan fingerprint density at radius 2 is 1.89 bits per heavy atom. The fraction of sp³-hybridized carbons (Fsp3) is 0.538. The number of likely N-dealkylation sites (tertiary alicyclic amines) is 1. The lowest BCUT2D eigenvalue weighted by molar-refractivity contribution is -0.144. The summed E-state index contributed by atoms with van der Waals surface area (Å²) in [5, 5.41) is 27.4. The summed E-state index contributed by atoms with van der Waals surface area (Å²) in [6, 6.07) is 5.60. The van der Waals surface area contributed by atoms with Gasteiger partial charge < -0.3 is 15.3 Å². The number of rotatable bonds is 6. The molecule has 3 atom stereocenters. The third-order valence-corrected chi connectivity index (χ3v) is 7.17. The molecule has 11 nitrogen and oxygen atoms in total. The molecule has 2 unspecified atom stereocenters. The highest BCUT2D eigenvalue weighted by molar-refractivity contribution is 5.90. The number of fused-ring (bicyclic) bond motifs is 1. The van der Waals surface area contributed by atoms with E-state index in [0.29, 0.717) is 22.4 Å². The van der Waals surface area contributed by atoms with Gasteiger partial charge in [0.05, 0.1) is 29.4 Å². The van der Waals surface area contributed by atoms with Gasteiger partial charge in [0.25, 0.3) is 5.56 Å². The number of nitrogens with zero attached hydrogens (tertiary/aromatic N) is 6. The van der Waals surface area contributed by atoms with Gasteiger partial charge in [-0.05, 0) is 24.3 Å². The van der Waals surface area contributed by atoms with E-state index < -0.39 is 23.6 Å². The van der Waals surface area contributed by atoms with Crippen molar-refractivity contribution in [1.82, 2.24) is 35.0 Å². The standard InChI is InChI=1S/C26H33N7O4/c1-26(2,3)22(33-14-20(28-30-33)15-9-10-15)25(37)32-13-16(34)11-21(32)23(35)27-12-19-17-7-5-6-8-18(17)24(36)31(4)29-19/h5-8,14-16,21-22,34H,9-13H2,1-4H3,(H,27,35)/t16?,21?,22-/m1/s1. The second-order valence-corrected chi connectivity index (χ2v) is 11.2. The number of hydrogen-bond acceptors (Lipinski definition) is 7. The number of aliphatic hydroxyl groups excluding tert-OH is 1. The first-order chi connectivity index (χ1) is 17.5. The number of β-amino-alcohol motifs (C(OH)–C–C–N with tert-alkyl or cyclic N) is 1. The van der Waals surface area contributed by atoms with Crippen LogP contribution in [0.3, 0.4) is 0 Å². The first-order valence-electron chi connectivity index (χ1n) is 12.7. The number of carbonyl (C=O) groups excluding carboxylic acids is 2. The molecule has 37 heavy (non-hydrogen) atoms. The molecule has 5 rings (SSSR count). The van der Waals surface area contributed by atoms with Crippen LogP contribution >= 0.6 is 0 Å². The summed E-state index contributed by atoms with van der Waals surface area (Å²) in [5.41, 5.74) is 0.713. The molecule has 196 valence electrons. The number of hydrogen-bond donors (Lipinski definition) is 2. The summed E-state index contributed by atoms with van der Waals surface area (Å²) >= 11 is 0. The molecule has 1 aliphatic carbocycles. The Kier molecular flexibility index (Phi) is 6.35. The molecule has 0 radical (unpaired) electrons. The summed E-state index contributed by atoms with van der Waals surface area (Å²) in [4.78, 5) is 41.1. The number of amides is 2. The highest BCUT2D eigenvalue weighted by Crippen LogP contribution is 2.40. The number of aliphatic hydroxyl groups is 1. The van der Waals surface area contributed by atoms with E-state index >= 15 is 0 Å². The molecule has 3 aromatic rings. The minimum atomic E-state index is -0.836. The second-order valence-electron chi connectivity index (χ2n) is 11.2. The molecule has 11 heteroatoms. The smallest absolute Gasteiger partial charge is 0.274 e. The van der Waals surface area contributed by atoms with Crippen LogP contribution in [0, 0.1) is 5.41 Å². The van der Waals surface area contributed by atoms with Crippen molar-refractivity contribution in [2.45, 2.75) is 70.7 Å². The highest BCUT2D eigenvalue weighted by Gasteiger charge is 2.45. The fourth-order valence-corrected chi connectivity index (χ4v) is 5.12. The highest BCUT2D eigenvalue weighted by atomic mass is 16.3. The predicted octanol–water partition coefficient (Wildman–Crippen LogP) is 1.27. The van der Waals surface area contributed by atoms with Gasteiger partial charge in [-0.3, -0.25) is 14.4 Å². The molecule has 0 bridgehead atoms. The number of aromatic nitrogens is 5. The Morgan fingerprint density at radius 3 is 2.57 bits per heavy atom. The molecule has 1 saturated heterocycles. The third kappa shape index (κ3) is 4.87. The molecule has 1 saturated carbocycles. The van der Waals surface area contributed by atoms with Crippen molar-refractivity contribution in [2.75, 3.05) is 6.54 Å². The van der Waals surface area contributed by atoms with Gasteiger partial charge in [-0.2, -0.15) is 5.10 Å². The van der Waals surface area contributed by atoms with E-state index in [1.165, 1.54) is 9.58 Å². The van der Waals surface area contributed by atoms with Crippen LogP contribution in [0.2, 0.25) is 0 Å². The van der Waals surface area contributed by atoms with Crippen LogP contribution in [-0.4, -0.2) is 65.3 Å². The zero-order chi connectivity index (χ0) is 26.5. The van der Waals surface area contributed by atoms with Gasteiger partial charge in [0.15, 0.2) is 0 Å². The van der Waals surface area contributed by atoms with Gasteiger partial charge in [-0.25, -0.2) is 9.36 Å². The molecular weight excluding hydrogens is 474 g/mol. The van der Waals surface area contributed by atoms with Gasteiger partial charge >= 0.3 is 0 Å². The largest absolute Gasteiger partial charge is 0.391 e. The van der Waals surface area contributed by atoms with Crippen molar-refractivity contribution < 1.29 is 14.7 Å². The number of benzene rings is 1. The van der Waals surface area contributed by atoms with E-state index in [-0.39, 0.29) is 36.9 Å². The predicted molar refractivity (Wildman–Crippen MR) is 135 cm³/mol. The number of nitrogens with one attached hydrogen (secondary N) is 1.